The summed E-state index contributed by atoms with van der Waals surface area (Å²) >= 11 is 5.93. The molecule has 1 aromatic rings. The maximum Gasteiger partial charge on any atom is 0.243 e. The Morgan fingerprint density at radius 3 is 2.65 bits per heavy atom. The number of rotatable bonds is 5. The molecule has 0 amide bonds. The number of benzene rings is 1. The van der Waals surface area contributed by atoms with Crippen LogP contribution in [0, 0.1) is 6.92 Å². The molecule has 0 spiro atoms. The summed E-state index contributed by atoms with van der Waals surface area (Å²) in [5.74, 6) is 0. The Kier molecular flexibility index (Phi) is 4.94. The van der Waals surface area contributed by atoms with Crippen molar-refractivity contribution >= 4 is 21.6 Å². The summed E-state index contributed by atoms with van der Waals surface area (Å²) in [7, 11) is -0.110. The van der Waals surface area contributed by atoms with Crippen molar-refractivity contribution in [3.63, 3.8) is 0 Å². The van der Waals surface area contributed by atoms with Gasteiger partial charge in [-0.25, -0.2) is 8.42 Å². The van der Waals surface area contributed by atoms with Crippen molar-refractivity contribution in [1.82, 2.24) is 9.62 Å². The lowest BCUT2D eigenvalue weighted by Gasteiger charge is -2.18. The quantitative estimate of drug-likeness (QED) is 0.886. The van der Waals surface area contributed by atoms with E-state index >= 15 is 0 Å². The first kappa shape index (κ1) is 14.4. The second-order valence-corrected chi connectivity index (χ2v) is 6.21. The van der Waals surface area contributed by atoms with Gasteiger partial charge in [0.25, 0.3) is 0 Å². The van der Waals surface area contributed by atoms with Crippen LogP contribution in [-0.4, -0.2) is 39.9 Å². The van der Waals surface area contributed by atoms with Crippen LogP contribution < -0.4 is 5.32 Å². The van der Waals surface area contributed by atoms with Gasteiger partial charge in [0.15, 0.2) is 0 Å². The molecular weight excluding hydrogens is 260 g/mol. The second kappa shape index (κ2) is 5.82. The molecule has 0 unspecified atom stereocenters. The van der Waals surface area contributed by atoms with Crippen LogP contribution in [0.3, 0.4) is 0 Å². The van der Waals surface area contributed by atoms with Gasteiger partial charge in [-0.1, -0.05) is 17.7 Å². The minimum Gasteiger partial charge on any atom is -0.318 e. The molecule has 1 rings (SSSR count). The zero-order valence-corrected chi connectivity index (χ0v) is 11.8. The van der Waals surface area contributed by atoms with Gasteiger partial charge in [-0.3, -0.25) is 0 Å². The summed E-state index contributed by atoms with van der Waals surface area (Å²) in [6, 6.07) is 4.91. The average Bonchev–Trinajstić information content (AvgIpc) is 2.29. The van der Waals surface area contributed by atoms with E-state index < -0.39 is 10.0 Å². The third-order valence-corrected chi connectivity index (χ3v) is 4.99. The van der Waals surface area contributed by atoms with E-state index in [2.05, 4.69) is 5.32 Å². The molecule has 1 aromatic carbocycles. The lowest BCUT2D eigenvalue weighted by Crippen LogP contribution is -2.33. The van der Waals surface area contributed by atoms with Crippen LogP contribution in [0.1, 0.15) is 5.56 Å². The lowest BCUT2D eigenvalue weighted by molar-refractivity contribution is 0.465. The van der Waals surface area contributed by atoms with Crippen LogP contribution in [-0.2, 0) is 10.0 Å². The maximum atomic E-state index is 12.3. The van der Waals surface area contributed by atoms with E-state index in [1.807, 2.05) is 0 Å². The van der Waals surface area contributed by atoms with Gasteiger partial charge in [0.05, 0.1) is 4.90 Å². The predicted molar refractivity (Wildman–Crippen MR) is 69.9 cm³/mol. The van der Waals surface area contributed by atoms with Crippen molar-refractivity contribution < 1.29 is 8.42 Å². The van der Waals surface area contributed by atoms with Crippen LogP contribution in [0.4, 0.5) is 0 Å². The van der Waals surface area contributed by atoms with Gasteiger partial charge in [0, 0.05) is 25.2 Å². The van der Waals surface area contributed by atoms with Gasteiger partial charge in [-0.05, 0) is 31.7 Å². The van der Waals surface area contributed by atoms with E-state index in [0.717, 1.165) is 0 Å². The number of hydrogen-bond donors (Lipinski definition) is 1. The first-order chi connectivity index (χ1) is 7.91. The topological polar surface area (TPSA) is 49.4 Å². The Bertz CT molecular complexity index is 488. The molecule has 6 heteroatoms. The molecule has 17 heavy (non-hydrogen) atoms. The maximum absolute atomic E-state index is 12.3. The highest BCUT2D eigenvalue weighted by molar-refractivity contribution is 7.89. The van der Waals surface area contributed by atoms with Crippen molar-refractivity contribution in [1.29, 1.82) is 0 Å². The largest absolute Gasteiger partial charge is 0.318 e. The summed E-state index contributed by atoms with van der Waals surface area (Å²) in [6.45, 7) is 2.74. The van der Waals surface area contributed by atoms with Crippen molar-refractivity contribution in [2.24, 2.45) is 0 Å². The zero-order valence-electron chi connectivity index (χ0n) is 10.2. The Labute approximate surface area is 108 Å². The minimum absolute atomic E-state index is 0.267. The Hall–Kier alpha value is -0.620. The number of halogens is 1. The van der Waals surface area contributed by atoms with Crippen molar-refractivity contribution in [3.8, 4) is 0 Å². The fourth-order valence-corrected chi connectivity index (χ4v) is 3.07. The monoisotopic (exact) mass is 276 g/mol. The first-order valence-corrected chi connectivity index (χ1v) is 7.09. The highest BCUT2D eigenvalue weighted by Crippen LogP contribution is 2.24. The molecule has 0 aliphatic heterocycles. The number of likely N-dealkylation sites (N-methyl/N-ethyl adjacent to an activating group) is 2. The predicted octanol–water partition coefficient (Wildman–Crippen LogP) is 1.49. The van der Waals surface area contributed by atoms with Gasteiger partial charge in [0.1, 0.15) is 0 Å². The number of sulfonamides is 1. The third-order valence-electron chi connectivity index (χ3n) is 2.58. The highest BCUT2D eigenvalue weighted by Gasteiger charge is 2.22. The molecule has 0 aromatic heterocycles. The molecule has 1 N–H and O–H groups in total. The molecule has 0 bridgehead atoms. The SMILES string of the molecule is CNCCN(C)S(=O)(=O)c1cccc(Cl)c1C. The van der Waals surface area contributed by atoms with Crippen molar-refractivity contribution in [3.05, 3.63) is 28.8 Å². The lowest BCUT2D eigenvalue weighted by atomic mass is 10.2. The molecule has 0 heterocycles. The van der Waals surface area contributed by atoms with E-state index in [1.165, 1.54) is 4.31 Å². The molecule has 0 radical (unpaired) electrons. The Morgan fingerprint density at radius 1 is 1.41 bits per heavy atom. The minimum atomic E-state index is -3.46. The van der Waals surface area contributed by atoms with Crippen LogP contribution >= 0.6 is 11.6 Å². The summed E-state index contributed by atoms with van der Waals surface area (Å²) in [4.78, 5) is 0.267. The van der Waals surface area contributed by atoms with Gasteiger partial charge in [0.2, 0.25) is 10.0 Å². The Balaban J connectivity index is 3.09. The number of hydrogen-bond acceptors (Lipinski definition) is 3. The van der Waals surface area contributed by atoms with E-state index in [-0.39, 0.29) is 4.90 Å². The van der Waals surface area contributed by atoms with Gasteiger partial charge in [-0.2, -0.15) is 4.31 Å². The molecule has 0 saturated carbocycles. The van der Waals surface area contributed by atoms with E-state index in [4.69, 9.17) is 11.6 Å². The summed E-state index contributed by atoms with van der Waals surface area (Å²) < 4.78 is 25.8. The van der Waals surface area contributed by atoms with E-state index in [0.29, 0.717) is 23.7 Å². The van der Waals surface area contributed by atoms with Crippen molar-refractivity contribution in [2.45, 2.75) is 11.8 Å². The molecule has 4 nitrogen and oxygen atoms in total. The number of nitrogens with zero attached hydrogens (tertiary/aromatic N) is 1. The summed E-state index contributed by atoms with van der Waals surface area (Å²) in [5.41, 5.74) is 0.588. The van der Waals surface area contributed by atoms with E-state index in [9.17, 15) is 8.42 Å². The smallest absolute Gasteiger partial charge is 0.243 e. The fourth-order valence-electron chi connectivity index (χ4n) is 1.42. The van der Waals surface area contributed by atoms with Crippen LogP contribution in [0.25, 0.3) is 0 Å². The summed E-state index contributed by atoms with van der Waals surface area (Å²) in [5, 5.41) is 3.38. The molecule has 0 atom stereocenters. The molecule has 0 aliphatic rings. The molecule has 0 aliphatic carbocycles. The molecular formula is C11H17ClN2O2S. The van der Waals surface area contributed by atoms with Crippen LogP contribution in [0.2, 0.25) is 5.02 Å². The standard InChI is InChI=1S/C11H17ClN2O2S/c1-9-10(12)5-4-6-11(9)17(15,16)14(3)8-7-13-2/h4-6,13H,7-8H2,1-3H3. The van der Waals surface area contributed by atoms with Gasteiger partial charge >= 0.3 is 0 Å². The average molecular weight is 277 g/mol. The van der Waals surface area contributed by atoms with Crippen molar-refractivity contribution in [2.75, 3.05) is 27.2 Å². The first-order valence-electron chi connectivity index (χ1n) is 5.27. The van der Waals surface area contributed by atoms with Gasteiger partial charge < -0.3 is 5.32 Å². The third kappa shape index (κ3) is 3.19. The highest BCUT2D eigenvalue weighted by atomic mass is 35.5. The summed E-state index contributed by atoms with van der Waals surface area (Å²) in [6.07, 6.45) is 0. The zero-order chi connectivity index (χ0) is 13.1. The number of nitrogens with one attached hydrogen (secondary N) is 1. The van der Waals surface area contributed by atoms with Crippen LogP contribution in [0.5, 0.6) is 0 Å². The second-order valence-electron chi connectivity index (χ2n) is 3.79. The Morgan fingerprint density at radius 2 is 2.06 bits per heavy atom. The van der Waals surface area contributed by atoms with Crippen LogP contribution in [0.15, 0.2) is 23.1 Å². The van der Waals surface area contributed by atoms with E-state index in [1.54, 1.807) is 39.2 Å². The fraction of sp³-hybridized carbons (Fsp3) is 0.455. The molecule has 96 valence electrons. The molecule has 0 fully saturated rings. The van der Waals surface area contributed by atoms with Gasteiger partial charge in [-0.15, -0.1) is 0 Å². The molecule has 0 saturated heterocycles. The normalized spacial score (nSPS) is 12.1.